The summed E-state index contributed by atoms with van der Waals surface area (Å²) in [5, 5.41) is 2.90. The molecule has 1 aromatic rings. The van der Waals surface area contributed by atoms with Crippen molar-refractivity contribution in [3.8, 4) is 0 Å². The Labute approximate surface area is 152 Å². The zero-order valence-electron chi connectivity index (χ0n) is 17.1. The van der Waals surface area contributed by atoms with E-state index in [2.05, 4.69) is 79.7 Å². The maximum atomic E-state index is 6.55. The van der Waals surface area contributed by atoms with Crippen molar-refractivity contribution < 1.29 is 8.85 Å². The zero-order chi connectivity index (χ0) is 18.4. The van der Waals surface area contributed by atoms with Crippen LogP contribution >= 0.6 is 0 Å². The van der Waals surface area contributed by atoms with E-state index in [1.807, 2.05) is 0 Å². The van der Waals surface area contributed by atoms with Crippen molar-refractivity contribution in [3.63, 3.8) is 0 Å². The fraction of sp³-hybridized carbons (Fsp3) is 0.700. The molecule has 0 spiro atoms. The van der Waals surface area contributed by atoms with Crippen molar-refractivity contribution in [3.05, 3.63) is 24.3 Å². The van der Waals surface area contributed by atoms with E-state index in [0.29, 0.717) is 0 Å². The first-order valence-corrected chi connectivity index (χ1v) is 14.4. The highest BCUT2D eigenvalue weighted by molar-refractivity contribution is 6.89. The normalized spacial score (nSPS) is 13.1. The van der Waals surface area contributed by atoms with Gasteiger partial charge in [0.25, 0.3) is 0 Å². The summed E-state index contributed by atoms with van der Waals surface area (Å²) in [7, 11) is -3.78. The highest BCUT2D eigenvalue weighted by Gasteiger charge is 2.38. The van der Waals surface area contributed by atoms with E-state index in [9.17, 15) is 0 Å². The molecule has 0 unspecified atom stereocenters. The lowest BCUT2D eigenvalue weighted by Crippen LogP contribution is -2.56. The average Bonchev–Trinajstić information content (AvgIpc) is 2.57. The molecule has 4 heteroatoms. The fourth-order valence-electron chi connectivity index (χ4n) is 3.77. The molecule has 0 N–H and O–H groups in total. The van der Waals surface area contributed by atoms with Crippen LogP contribution in [0.15, 0.2) is 24.3 Å². The van der Waals surface area contributed by atoms with E-state index in [-0.39, 0.29) is 12.2 Å². The van der Waals surface area contributed by atoms with E-state index >= 15 is 0 Å². The third-order valence-corrected chi connectivity index (χ3v) is 14.3. The molecule has 2 nitrogen and oxygen atoms in total. The lowest BCUT2D eigenvalue weighted by molar-refractivity contribution is 0.232. The maximum absolute atomic E-state index is 6.55. The highest BCUT2D eigenvalue weighted by Crippen LogP contribution is 2.22. The first-order chi connectivity index (χ1) is 11.3. The smallest absolute Gasteiger partial charge is 0.224 e. The van der Waals surface area contributed by atoms with Crippen molar-refractivity contribution in [2.45, 2.75) is 91.8 Å². The molecule has 0 bridgehead atoms. The van der Waals surface area contributed by atoms with Gasteiger partial charge in [0.1, 0.15) is 0 Å². The molecular weight excluding hydrogens is 328 g/mol. The predicted molar refractivity (Wildman–Crippen MR) is 112 cm³/mol. The van der Waals surface area contributed by atoms with Crippen LogP contribution < -0.4 is 10.4 Å². The van der Waals surface area contributed by atoms with Gasteiger partial charge in [-0.3, -0.25) is 0 Å². The molecule has 0 heterocycles. The summed E-state index contributed by atoms with van der Waals surface area (Å²) in [6, 6.07) is 13.8. The van der Waals surface area contributed by atoms with Crippen molar-refractivity contribution in [1.29, 1.82) is 0 Å². The summed E-state index contributed by atoms with van der Waals surface area (Å²) in [5.74, 6) is 0. The van der Waals surface area contributed by atoms with Gasteiger partial charge < -0.3 is 8.85 Å². The molecule has 0 fully saturated rings. The predicted octanol–water partition coefficient (Wildman–Crippen LogP) is 4.92. The van der Waals surface area contributed by atoms with E-state index < -0.39 is 16.6 Å². The lowest BCUT2D eigenvalue weighted by atomic mass is 10.4. The number of hydrogen-bond acceptors (Lipinski definition) is 2. The Morgan fingerprint density at radius 3 is 1.29 bits per heavy atom. The number of hydrogen-bond donors (Lipinski definition) is 0. The van der Waals surface area contributed by atoms with E-state index in [0.717, 1.165) is 24.2 Å². The molecule has 1 aromatic carbocycles. The molecule has 0 aliphatic carbocycles. The van der Waals surface area contributed by atoms with Crippen LogP contribution in [-0.2, 0) is 8.85 Å². The number of rotatable bonds is 10. The van der Waals surface area contributed by atoms with Crippen LogP contribution in [0.2, 0.25) is 24.2 Å². The molecule has 24 heavy (non-hydrogen) atoms. The second kappa shape index (κ2) is 9.32. The van der Waals surface area contributed by atoms with Crippen LogP contribution in [0.25, 0.3) is 0 Å². The molecule has 0 atom stereocenters. The van der Waals surface area contributed by atoms with Crippen LogP contribution in [0.3, 0.4) is 0 Å². The van der Waals surface area contributed by atoms with Crippen LogP contribution in [0.4, 0.5) is 0 Å². The Balaban J connectivity index is 3.37. The van der Waals surface area contributed by atoms with Crippen LogP contribution in [0.5, 0.6) is 0 Å². The van der Waals surface area contributed by atoms with Gasteiger partial charge in [-0.2, -0.15) is 0 Å². The molecule has 0 amide bonds. The Kier molecular flexibility index (Phi) is 8.40. The topological polar surface area (TPSA) is 18.5 Å². The third kappa shape index (κ3) is 4.81. The van der Waals surface area contributed by atoms with E-state index in [1.165, 1.54) is 10.4 Å². The Morgan fingerprint density at radius 1 is 0.708 bits per heavy atom. The van der Waals surface area contributed by atoms with Gasteiger partial charge in [-0.25, -0.2) is 0 Å². The minimum Gasteiger partial charge on any atom is -0.410 e. The van der Waals surface area contributed by atoms with Gasteiger partial charge in [-0.05, 0) is 62.2 Å². The van der Waals surface area contributed by atoms with Gasteiger partial charge in [0.2, 0.25) is 16.6 Å². The number of benzene rings is 1. The third-order valence-electron chi connectivity index (χ3n) is 5.12. The van der Waals surface area contributed by atoms with Gasteiger partial charge in [0.15, 0.2) is 0 Å². The lowest BCUT2D eigenvalue weighted by Gasteiger charge is -2.35. The van der Waals surface area contributed by atoms with E-state index in [4.69, 9.17) is 8.85 Å². The Bertz CT molecular complexity index is 451. The quantitative estimate of drug-likeness (QED) is 0.547. The minimum absolute atomic E-state index is 0.284. The molecule has 0 saturated heterocycles. The van der Waals surface area contributed by atoms with Gasteiger partial charge in [0, 0.05) is 12.2 Å². The van der Waals surface area contributed by atoms with Gasteiger partial charge in [-0.15, -0.1) is 0 Å². The monoisotopic (exact) mass is 366 g/mol. The summed E-state index contributed by atoms with van der Waals surface area (Å²) in [6.45, 7) is 17.8. The van der Waals surface area contributed by atoms with Crippen molar-refractivity contribution in [2.24, 2.45) is 0 Å². The molecular formula is C20H38O2Si2. The fourth-order valence-corrected chi connectivity index (χ4v) is 10.9. The van der Waals surface area contributed by atoms with Gasteiger partial charge in [-0.1, -0.05) is 52.0 Å². The SMILES string of the molecule is CC[Si](CC)(OC(C)C)c1cccc([Si](CC)(CC)OC(C)C)c1. The summed E-state index contributed by atoms with van der Waals surface area (Å²) < 4.78 is 13.1. The van der Waals surface area contributed by atoms with E-state index in [1.54, 1.807) is 0 Å². The minimum atomic E-state index is -1.89. The summed E-state index contributed by atoms with van der Waals surface area (Å²) in [5.41, 5.74) is 0. The van der Waals surface area contributed by atoms with Crippen LogP contribution in [0.1, 0.15) is 55.4 Å². The first-order valence-electron chi connectivity index (χ1n) is 9.75. The van der Waals surface area contributed by atoms with Crippen LogP contribution in [0, 0.1) is 0 Å². The van der Waals surface area contributed by atoms with Crippen molar-refractivity contribution in [1.82, 2.24) is 0 Å². The summed E-state index contributed by atoms with van der Waals surface area (Å²) in [4.78, 5) is 0. The van der Waals surface area contributed by atoms with Crippen molar-refractivity contribution in [2.75, 3.05) is 0 Å². The maximum Gasteiger partial charge on any atom is 0.224 e. The zero-order valence-corrected chi connectivity index (χ0v) is 19.1. The molecule has 0 saturated carbocycles. The van der Waals surface area contributed by atoms with Gasteiger partial charge >= 0.3 is 0 Å². The Hall–Kier alpha value is -0.426. The largest absolute Gasteiger partial charge is 0.410 e. The Morgan fingerprint density at radius 2 is 1.04 bits per heavy atom. The molecule has 1 rings (SSSR count). The second-order valence-corrected chi connectivity index (χ2v) is 15.7. The molecule has 138 valence electrons. The molecule has 0 radical (unpaired) electrons. The first kappa shape index (κ1) is 21.6. The average molecular weight is 367 g/mol. The van der Waals surface area contributed by atoms with Gasteiger partial charge in [0.05, 0.1) is 0 Å². The molecule has 0 aromatic heterocycles. The highest BCUT2D eigenvalue weighted by atomic mass is 28.4. The van der Waals surface area contributed by atoms with Crippen LogP contribution in [-0.4, -0.2) is 28.8 Å². The molecule has 0 aliphatic heterocycles. The standard InChI is InChI=1S/C20H38O2Si2/c1-9-23(10-2,21-17(5)6)19-14-13-15-20(16-19)24(11-3,12-4)22-18(7)8/h13-18H,9-12H2,1-8H3. The summed E-state index contributed by atoms with van der Waals surface area (Å²) in [6.07, 6.45) is 0.568. The van der Waals surface area contributed by atoms with Crippen molar-refractivity contribution >= 4 is 27.0 Å². The molecule has 0 aliphatic rings. The summed E-state index contributed by atoms with van der Waals surface area (Å²) >= 11 is 0. The second-order valence-electron chi connectivity index (χ2n) is 7.32.